The molecule has 11 heteroatoms. The third-order valence-electron chi connectivity index (χ3n) is 9.03. The molecule has 0 rings (SSSR count). The van der Waals surface area contributed by atoms with Crippen LogP contribution >= 0.6 is 7.82 Å². The summed E-state index contributed by atoms with van der Waals surface area (Å²) < 4.78 is 33.8. The molecule has 0 spiro atoms. The van der Waals surface area contributed by atoms with Gasteiger partial charge in [-0.05, 0) is 32.1 Å². The fraction of sp³-hybridized carbons (Fsp3) is 0.814. The molecule has 0 radical (unpaired) electrons. The molecule has 3 atom stereocenters. The molecule has 10 nitrogen and oxygen atoms in total. The Morgan fingerprint density at radius 1 is 0.685 bits per heavy atom. The Kier molecular flexibility index (Phi) is 34.4. The van der Waals surface area contributed by atoms with E-state index >= 15 is 0 Å². The van der Waals surface area contributed by atoms with E-state index in [1.807, 2.05) is 39.4 Å². The fourth-order valence-electron chi connectivity index (χ4n) is 5.66. The van der Waals surface area contributed by atoms with Crippen LogP contribution < -0.4 is 4.89 Å². The van der Waals surface area contributed by atoms with Crippen LogP contribution in [0.25, 0.3) is 0 Å². The predicted molar refractivity (Wildman–Crippen MR) is 219 cm³/mol. The van der Waals surface area contributed by atoms with Gasteiger partial charge in [0.2, 0.25) is 0 Å². The third-order valence-corrected chi connectivity index (χ3v) is 9.99. The summed E-state index contributed by atoms with van der Waals surface area (Å²) in [5.41, 5.74) is 0. The van der Waals surface area contributed by atoms with Crippen molar-refractivity contribution in [3.05, 3.63) is 36.5 Å². The molecule has 1 N–H and O–H groups in total. The van der Waals surface area contributed by atoms with Crippen molar-refractivity contribution in [1.29, 1.82) is 0 Å². The van der Waals surface area contributed by atoms with Gasteiger partial charge >= 0.3 is 11.9 Å². The van der Waals surface area contributed by atoms with Crippen molar-refractivity contribution in [3.8, 4) is 0 Å². The number of aliphatic hydroxyl groups excluding tert-OH is 1. The van der Waals surface area contributed by atoms with E-state index < -0.39 is 38.6 Å². The Morgan fingerprint density at radius 2 is 1.22 bits per heavy atom. The molecule has 0 bridgehead atoms. The highest BCUT2D eigenvalue weighted by molar-refractivity contribution is 7.45. The van der Waals surface area contributed by atoms with Gasteiger partial charge in [0, 0.05) is 12.8 Å². The molecule has 2 unspecified atom stereocenters. The topological polar surface area (TPSA) is 131 Å². The van der Waals surface area contributed by atoms with Crippen LogP contribution in [0.3, 0.4) is 0 Å². The fourth-order valence-corrected chi connectivity index (χ4v) is 6.39. The Bertz CT molecular complexity index is 1040. The van der Waals surface area contributed by atoms with E-state index in [0.717, 1.165) is 57.8 Å². The summed E-state index contributed by atoms with van der Waals surface area (Å²) >= 11 is 0. The van der Waals surface area contributed by atoms with Crippen molar-refractivity contribution in [3.63, 3.8) is 0 Å². The van der Waals surface area contributed by atoms with E-state index in [-0.39, 0.29) is 26.1 Å². The number of hydrogen-bond acceptors (Lipinski definition) is 9. The monoisotopic (exact) mass is 786 g/mol. The lowest BCUT2D eigenvalue weighted by molar-refractivity contribution is -0.870. The van der Waals surface area contributed by atoms with Gasteiger partial charge in [0.15, 0.2) is 6.10 Å². The number of carbonyl (C=O) groups excluding carboxylic acids is 2. The van der Waals surface area contributed by atoms with E-state index in [2.05, 4.69) is 32.1 Å². The molecule has 0 aromatic heterocycles. The summed E-state index contributed by atoms with van der Waals surface area (Å²) in [6.07, 6.45) is 34.7. The molecule has 0 aliphatic heterocycles. The quantitative estimate of drug-likeness (QED) is 0.0162. The van der Waals surface area contributed by atoms with Gasteiger partial charge in [-0.2, -0.15) is 0 Å². The maximum absolute atomic E-state index is 12.6. The number of hydrogen-bond donors (Lipinski definition) is 1. The summed E-state index contributed by atoms with van der Waals surface area (Å²) in [5.74, 6) is -0.909. The number of ether oxygens (including phenoxy) is 2. The summed E-state index contributed by atoms with van der Waals surface area (Å²) in [6.45, 7) is 3.98. The van der Waals surface area contributed by atoms with Gasteiger partial charge in [0.05, 0.1) is 33.9 Å². The Hall–Kier alpha value is -1.81. The SMILES string of the molecule is CC/C=C/C/C=C/C=C/C(O)CCCCCCCC(=O)OC[C@H](COP(=O)([O-])OCC[N+](C)(C)C)OC(=O)CCCCCCCCCCCCCCCC. The van der Waals surface area contributed by atoms with Crippen molar-refractivity contribution in [2.75, 3.05) is 47.5 Å². The second-order valence-electron chi connectivity index (χ2n) is 15.5. The number of unbranched alkanes of at least 4 members (excludes halogenated alkanes) is 17. The Balaban J connectivity index is 4.45. The lowest BCUT2D eigenvalue weighted by Crippen LogP contribution is -2.37. The number of carbonyl (C=O) groups is 2. The molecule has 0 aromatic carbocycles. The van der Waals surface area contributed by atoms with Gasteiger partial charge in [0.25, 0.3) is 7.82 Å². The van der Waals surface area contributed by atoms with Crippen LogP contribution in [0.2, 0.25) is 0 Å². The van der Waals surface area contributed by atoms with Gasteiger partial charge in [0.1, 0.15) is 19.8 Å². The van der Waals surface area contributed by atoms with Crippen molar-refractivity contribution in [2.45, 2.75) is 180 Å². The lowest BCUT2D eigenvalue weighted by Gasteiger charge is -2.28. The van der Waals surface area contributed by atoms with Crippen LogP contribution in [0.15, 0.2) is 36.5 Å². The number of aliphatic hydroxyl groups is 1. The zero-order chi connectivity index (χ0) is 40.2. The molecule has 0 fully saturated rings. The Morgan fingerprint density at radius 3 is 1.78 bits per heavy atom. The molecular weight excluding hydrogens is 705 g/mol. The molecule has 0 aliphatic rings. The second-order valence-corrected chi connectivity index (χ2v) is 16.9. The first-order chi connectivity index (χ1) is 25.9. The minimum atomic E-state index is -4.64. The van der Waals surface area contributed by atoms with Crippen LogP contribution in [0.5, 0.6) is 0 Å². The zero-order valence-electron chi connectivity index (χ0n) is 35.0. The zero-order valence-corrected chi connectivity index (χ0v) is 35.9. The maximum atomic E-state index is 12.6. The maximum Gasteiger partial charge on any atom is 0.306 e. The predicted octanol–water partition coefficient (Wildman–Crippen LogP) is 10.1. The van der Waals surface area contributed by atoms with Crippen molar-refractivity contribution >= 4 is 19.8 Å². The highest BCUT2D eigenvalue weighted by atomic mass is 31.2. The molecule has 0 amide bonds. The van der Waals surface area contributed by atoms with Crippen LogP contribution in [0.1, 0.15) is 168 Å². The first-order valence-electron chi connectivity index (χ1n) is 21.3. The van der Waals surface area contributed by atoms with E-state index in [1.165, 1.54) is 64.2 Å². The van der Waals surface area contributed by atoms with Crippen molar-refractivity contribution in [2.24, 2.45) is 0 Å². The van der Waals surface area contributed by atoms with Gasteiger partial charge in [-0.15, -0.1) is 0 Å². The van der Waals surface area contributed by atoms with Crippen LogP contribution in [-0.2, 0) is 32.7 Å². The van der Waals surface area contributed by atoms with E-state index in [4.69, 9.17) is 18.5 Å². The molecule has 0 aliphatic carbocycles. The van der Waals surface area contributed by atoms with Gasteiger partial charge in [-0.25, -0.2) is 0 Å². The van der Waals surface area contributed by atoms with Gasteiger partial charge in [-0.3, -0.25) is 14.2 Å². The molecular formula is C43H80NO9P. The largest absolute Gasteiger partial charge is 0.756 e. The average molecular weight is 786 g/mol. The van der Waals surface area contributed by atoms with Crippen LogP contribution in [0.4, 0.5) is 0 Å². The minimum absolute atomic E-state index is 0.0461. The summed E-state index contributed by atoms with van der Waals surface area (Å²) in [4.78, 5) is 37.5. The standard InChI is InChI=1S/C43H80NO9P/c1-6-8-10-12-14-15-16-17-18-19-20-22-26-31-35-43(47)53-41(39-52-54(48,49)51-37-36-44(3,4)5)38-50-42(46)34-30-27-23-25-29-33-40(45)32-28-24-21-13-11-9-7-2/h9,11,21,24,28,32,40-41,45H,6-8,10,12-20,22-23,25-27,29-31,33-39H2,1-5H3/b11-9+,24-21+,32-28+/t40?,41-/m1/s1. The van der Waals surface area contributed by atoms with Gasteiger partial charge in [-0.1, -0.05) is 159 Å². The van der Waals surface area contributed by atoms with E-state index in [0.29, 0.717) is 30.3 Å². The number of likely N-dealkylation sites (N-methyl/N-ethyl adjacent to an activating group) is 1. The van der Waals surface area contributed by atoms with Crippen molar-refractivity contribution in [1.82, 2.24) is 0 Å². The molecule has 0 saturated carbocycles. The van der Waals surface area contributed by atoms with Crippen LogP contribution in [-0.4, -0.2) is 81.2 Å². The summed E-state index contributed by atoms with van der Waals surface area (Å²) in [7, 11) is 1.11. The van der Waals surface area contributed by atoms with E-state index in [1.54, 1.807) is 0 Å². The summed E-state index contributed by atoms with van der Waals surface area (Å²) in [5, 5.41) is 10.1. The normalized spacial score (nSPS) is 14.6. The number of phosphoric ester groups is 1. The molecule has 0 aromatic rings. The first kappa shape index (κ1) is 52.2. The molecule has 54 heavy (non-hydrogen) atoms. The minimum Gasteiger partial charge on any atom is -0.756 e. The van der Waals surface area contributed by atoms with Crippen molar-refractivity contribution < 1.29 is 47.2 Å². The molecule has 0 saturated heterocycles. The van der Waals surface area contributed by atoms with Crippen LogP contribution in [0, 0.1) is 0 Å². The number of nitrogens with zero attached hydrogens (tertiary/aromatic N) is 1. The van der Waals surface area contributed by atoms with Gasteiger partial charge < -0.3 is 33.0 Å². The van der Waals surface area contributed by atoms with E-state index in [9.17, 15) is 24.2 Å². The molecule has 0 heterocycles. The highest BCUT2D eigenvalue weighted by Gasteiger charge is 2.21. The number of rotatable bonds is 38. The third kappa shape index (κ3) is 38.5. The highest BCUT2D eigenvalue weighted by Crippen LogP contribution is 2.38. The summed E-state index contributed by atoms with van der Waals surface area (Å²) in [6, 6.07) is 0. The lowest BCUT2D eigenvalue weighted by atomic mass is 10.0. The smallest absolute Gasteiger partial charge is 0.306 e. The number of phosphoric acid groups is 1. The number of quaternary nitrogens is 1. The first-order valence-corrected chi connectivity index (χ1v) is 22.8. The molecule has 316 valence electrons. The second kappa shape index (κ2) is 35.6. The average Bonchev–Trinajstić information content (AvgIpc) is 3.11. The number of esters is 2. The Labute approximate surface area is 330 Å². The number of allylic oxidation sites excluding steroid dienone is 5.